The molecule has 0 aromatic carbocycles. The fourth-order valence-electron chi connectivity index (χ4n) is 0.383. The van der Waals surface area contributed by atoms with Gasteiger partial charge in [0, 0.05) is 13.9 Å². The Balaban J connectivity index is 0. The van der Waals surface area contributed by atoms with Crippen LogP contribution in [0, 0.1) is 5.92 Å². The van der Waals surface area contributed by atoms with Gasteiger partial charge >= 0.3 is 0 Å². The summed E-state index contributed by atoms with van der Waals surface area (Å²) in [6, 6.07) is 0. The standard InChI is InChI=1S/C6H13NO2.H2/c1-5(2)6(9)7-3-4-8;/h5,8H,3-4H2,1-2H3,(H,7,9);1H. The maximum atomic E-state index is 10.7. The van der Waals surface area contributed by atoms with Crippen molar-refractivity contribution in [3.05, 3.63) is 0 Å². The predicted molar refractivity (Wildman–Crippen MR) is 37.0 cm³/mol. The van der Waals surface area contributed by atoms with Crippen LogP contribution in [0.3, 0.4) is 0 Å². The van der Waals surface area contributed by atoms with E-state index in [1.54, 1.807) is 0 Å². The van der Waals surface area contributed by atoms with E-state index < -0.39 is 0 Å². The molecule has 0 radical (unpaired) electrons. The molecule has 9 heavy (non-hydrogen) atoms. The Hall–Kier alpha value is -0.570. The normalized spacial score (nSPS) is 9.78. The number of aliphatic hydroxyl groups excluding tert-OH is 1. The van der Waals surface area contributed by atoms with Gasteiger partial charge in [-0.1, -0.05) is 13.8 Å². The molecule has 0 atom stereocenters. The van der Waals surface area contributed by atoms with Crippen LogP contribution in [-0.2, 0) is 4.79 Å². The number of carbonyl (C=O) groups excluding carboxylic acids is 1. The summed E-state index contributed by atoms with van der Waals surface area (Å²) in [7, 11) is 0. The van der Waals surface area contributed by atoms with Gasteiger partial charge in [-0.2, -0.15) is 0 Å². The van der Waals surface area contributed by atoms with Crippen LogP contribution in [0.1, 0.15) is 15.3 Å². The zero-order valence-corrected chi connectivity index (χ0v) is 5.85. The minimum Gasteiger partial charge on any atom is -0.395 e. The molecule has 56 valence electrons. The largest absolute Gasteiger partial charge is 0.395 e. The molecular weight excluding hydrogens is 118 g/mol. The summed E-state index contributed by atoms with van der Waals surface area (Å²) in [6.07, 6.45) is 0. The maximum Gasteiger partial charge on any atom is 0.222 e. The third-order valence-electron chi connectivity index (χ3n) is 0.935. The van der Waals surface area contributed by atoms with Crippen molar-refractivity contribution in [3.63, 3.8) is 0 Å². The molecular formula is C6H15NO2. The van der Waals surface area contributed by atoms with Crippen molar-refractivity contribution < 1.29 is 11.3 Å². The minimum absolute atomic E-state index is 0. The second-order valence-electron chi connectivity index (χ2n) is 2.17. The van der Waals surface area contributed by atoms with E-state index >= 15 is 0 Å². The number of carbonyl (C=O) groups is 1. The maximum absolute atomic E-state index is 10.7. The highest BCUT2D eigenvalue weighted by Gasteiger charge is 2.03. The van der Waals surface area contributed by atoms with Gasteiger partial charge in [-0.05, 0) is 0 Å². The first kappa shape index (κ1) is 8.43. The van der Waals surface area contributed by atoms with Gasteiger partial charge in [-0.25, -0.2) is 0 Å². The molecule has 0 aromatic heterocycles. The number of aliphatic hydroxyl groups is 1. The Morgan fingerprint density at radius 1 is 1.78 bits per heavy atom. The summed E-state index contributed by atoms with van der Waals surface area (Å²) < 4.78 is 0. The summed E-state index contributed by atoms with van der Waals surface area (Å²) in [5, 5.41) is 10.8. The van der Waals surface area contributed by atoms with Crippen molar-refractivity contribution in [1.29, 1.82) is 0 Å². The van der Waals surface area contributed by atoms with E-state index in [1.807, 2.05) is 13.8 Å². The second-order valence-corrected chi connectivity index (χ2v) is 2.17. The topological polar surface area (TPSA) is 49.3 Å². The van der Waals surface area contributed by atoms with Crippen LogP contribution < -0.4 is 5.32 Å². The molecule has 0 aliphatic heterocycles. The molecule has 0 rings (SSSR count). The van der Waals surface area contributed by atoms with Crippen molar-refractivity contribution in [1.82, 2.24) is 5.32 Å². The number of nitrogens with one attached hydrogen (secondary N) is 1. The Labute approximate surface area is 56.6 Å². The van der Waals surface area contributed by atoms with E-state index in [1.165, 1.54) is 0 Å². The van der Waals surface area contributed by atoms with E-state index in [2.05, 4.69) is 5.32 Å². The quantitative estimate of drug-likeness (QED) is 0.569. The molecule has 0 aromatic rings. The first-order chi connectivity index (χ1) is 4.18. The van der Waals surface area contributed by atoms with E-state index in [4.69, 9.17) is 5.11 Å². The van der Waals surface area contributed by atoms with Crippen LogP contribution in [0.5, 0.6) is 0 Å². The molecule has 0 saturated heterocycles. The average molecular weight is 133 g/mol. The van der Waals surface area contributed by atoms with Crippen molar-refractivity contribution in [2.45, 2.75) is 13.8 Å². The van der Waals surface area contributed by atoms with Gasteiger partial charge in [0.15, 0.2) is 0 Å². The van der Waals surface area contributed by atoms with Crippen LogP contribution in [0.2, 0.25) is 0 Å². The van der Waals surface area contributed by atoms with Gasteiger partial charge < -0.3 is 10.4 Å². The fraction of sp³-hybridized carbons (Fsp3) is 0.833. The van der Waals surface area contributed by atoms with E-state index in [0.29, 0.717) is 6.54 Å². The molecule has 3 heteroatoms. The second kappa shape index (κ2) is 4.32. The van der Waals surface area contributed by atoms with Crippen molar-refractivity contribution in [3.8, 4) is 0 Å². The molecule has 0 spiro atoms. The lowest BCUT2D eigenvalue weighted by atomic mass is 10.2. The lowest BCUT2D eigenvalue weighted by Gasteiger charge is -2.04. The molecule has 0 saturated carbocycles. The highest BCUT2D eigenvalue weighted by molar-refractivity contribution is 5.77. The molecule has 0 aliphatic rings. The zero-order valence-electron chi connectivity index (χ0n) is 5.85. The molecule has 0 aliphatic carbocycles. The van der Waals surface area contributed by atoms with Gasteiger partial charge in [-0.3, -0.25) is 4.79 Å². The molecule has 3 nitrogen and oxygen atoms in total. The summed E-state index contributed by atoms with van der Waals surface area (Å²) in [6.45, 7) is 3.99. The molecule has 1 amide bonds. The van der Waals surface area contributed by atoms with Crippen LogP contribution in [0.15, 0.2) is 0 Å². The first-order valence-corrected chi connectivity index (χ1v) is 3.07. The predicted octanol–water partition coefficient (Wildman–Crippen LogP) is -0.00310. The van der Waals surface area contributed by atoms with Crippen molar-refractivity contribution in [2.75, 3.05) is 13.2 Å². The summed E-state index contributed by atoms with van der Waals surface area (Å²) in [5.74, 6) is 0.000556. The Kier molecular flexibility index (Phi) is 4.05. The Morgan fingerprint density at radius 3 is 2.67 bits per heavy atom. The third-order valence-corrected chi connectivity index (χ3v) is 0.935. The van der Waals surface area contributed by atoms with Gasteiger partial charge in [0.05, 0.1) is 6.61 Å². The highest BCUT2D eigenvalue weighted by Crippen LogP contribution is 1.88. The molecule has 0 fully saturated rings. The lowest BCUT2D eigenvalue weighted by Crippen LogP contribution is -2.29. The minimum atomic E-state index is -0.0101. The molecule has 0 heterocycles. The fourth-order valence-corrected chi connectivity index (χ4v) is 0.383. The molecule has 0 bridgehead atoms. The molecule has 0 unspecified atom stereocenters. The van der Waals surface area contributed by atoms with Crippen molar-refractivity contribution in [2.24, 2.45) is 5.92 Å². The van der Waals surface area contributed by atoms with Gasteiger partial charge in [0.25, 0.3) is 0 Å². The zero-order chi connectivity index (χ0) is 7.28. The Morgan fingerprint density at radius 2 is 2.33 bits per heavy atom. The Bertz CT molecular complexity index is 95.7. The molecule has 2 N–H and O–H groups in total. The lowest BCUT2D eigenvalue weighted by molar-refractivity contribution is -0.124. The van der Waals surface area contributed by atoms with Crippen LogP contribution in [0.25, 0.3) is 0 Å². The smallest absolute Gasteiger partial charge is 0.222 e. The average Bonchev–Trinajstić information content (AvgIpc) is 1.82. The van der Waals surface area contributed by atoms with Crippen LogP contribution >= 0.6 is 0 Å². The van der Waals surface area contributed by atoms with Gasteiger partial charge in [0.2, 0.25) is 5.91 Å². The number of hydrogen-bond acceptors (Lipinski definition) is 2. The monoisotopic (exact) mass is 133 g/mol. The summed E-state index contributed by atoms with van der Waals surface area (Å²) in [4.78, 5) is 10.7. The van der Waals surface area contributed by atoms with Crippen LogP contribution in [0.4, 0.5) is 0 Å². The van der Waals surface area contributed by atoms with Crippen LogP contribution in [-0.4, -0.2) is 24.2 Å². The summed E-state index contributed by atoms with van der Waals surface area (Å²) in [5.41, 5.74) is 0. The van der Waals surface area contributed by atoms with E-state index in [-0.39, 0.29) is 19.9 Å². The van der Waals surface area contributed by atoms with E-state index in [9.17, 15) is 4.79 Å². The highest BCUT2D eigenvalue weighted by atomic mass is 16.3. The van der Waals surface area contributed by atoms with Crippen molar-refractivity contribution >= 4 is 5.91 Å². The van der Waals surface area contributed by atoms with Gasteiger partial charge in [-0.15, -0.1) is 0 Å². The number of rotatable bonds is 3. The first-order valence-electron chi connectivity index (χ1n) is 3.07. The number of hydrogen-bond donors (Lipinski definition) is 2. The van der Waals surface area contributed by atoms with Gasteiger partial charge in [0.1, 0.15) is 0 Å². The summed E-state index contributed by atoms with van der Waals surface area (Å²) >= 11 is 0. The van der Waals surface area contributed by atoms with E-state index in [0.717, 1.165) is 0 Å². The number of amides is 1. The third kappa shape index (κ3) is 3.97. The SMILES string of the molecule is CC(C)C(=O)NCCO.[HH].